The van der Waals surface area contributed by atoms with Crippen LogP contribution in [0.1, 0.15) is 17.2 Å². The first-order valence-corrected chi connectivity index (χ1v) is 6.59. The van der Waals surface area contributed by atoms with Crippen LogP contribution in [0.2, 0.25) is 0 Å². The lowest BCUT2D eigenvalue weighted by atomic mass is 10.0. The fourth-order valence-corrected chi connectivity index (χ4v) is 2.45. The number of rotatable bonds is 4. The van der Waals surface area contributed by atoms with Crippen molar-refractivity contribution in [3.05, 3.63) is 29.3 Å². The van der Waals surface area contributed by atoms with Crippen LogP contribution < -0.4 is 10.1 Å². The van der Waals surface area contributed by atoms with Crippen molar-refractivity contribution in [3.63, 3.8) is 0 Å². The third-order valence-corrected chi connectivity index (χ3v) is 3.32. The molecule has 1 aromatic rings. The number of carbonyl (C=O) groups excluding carboxylic acids is 1. The third-order valence-electron chi connectivity index (χ3n) is 3.12. The lowest BCUT2D eigenvalue weighted by molar-refractivity contribution is 0.220. The molecule has 1 fully saturated rings. The first kappa shape index (κ1) is 13.1. The third kappa shape index (κ3) is 2.56. The van der Waals surface area contributed by atoms with Gasteiger partial charge in [0.1, 0.15) is 5.75 Å². The van der Waals surface area contributed by atoms with Crippen molar-refractivity contribution in [3.8, 4) is 5.75 Å². The highest BCUT2D eigenvalue weighted by Gasteiger charge is 2.30. The van der Waals surface area contributed by atoms with Crippen LogP contribution in [0.3, 0.4) is 0 Å². The summed E-state index contributed by atoms with van der Waals surface area (Å²) in [6.07, 6.45) is 0. The minimum Gasteiger partial charge on any atom is -0.496 e. The molecular weight excluding hydrogens is 248 g/mol. The second kappa shape index (κ2) is 5.52. The molecule has 98 valence electrons. The Morgan fingerprint density at radius 1 is 1.56 bits per heavy atom. The van der Waals surface area contributed by atoms with Gasteiger partial charge in [-0.15, -0.1) is 0 Å². The summed E-state index contributed by atoms with van der Waals surface area (Å²) in [4.78, 5) is 13.5. The maximum absolute atomic E-state index is 11.8. The Labute approximate surface area is 113 Å². The summed E-state index contributed by atoms with van der Waals surface area (Å²) < 4.78 is 5.36. The highest BCUT2D eigenvalue weighted by molar-refractivity contribution is 7.80. The summed E-state index contributed by atoms with van der Waals surface area (Å²) in [7, 11) is 1.65. The van der Waals surface area contributed by atoms with Crippen molar-refractivity contribution in [1.29, 1.82) is 0 Å². The Morgan fingerprint density at radius 3 is 3.00 bits per heavy atom. The number of carbonyl (C=O) groups is 1. The molecule has 0 saturated carbocycles. The summed E-state index contributed by atoms with van der Waals surface area (Å²) in [5, 5.41) is 2.98. The SMILES string of the molecule is COc1ccc(C)cc1C1CN(CCS)C(=O)N1. The van der Waals surface area contributed by atoms with Crippen molar-refractivity contribution in [2.24, 2.45) is 0 Å². The van der Waals surface area contributed by atoms with Crippen LogP contribution in [0.5, 0.6) is 5.75 Å². The molecule has 0 aromatic heterocycles. The molecule has 1 N–H and O–H groups in total. The zero-order chi connectivity index (χ0) is 13.1. The molecule has 2 rings (SSSR count). The van der Waals surface area contributed by atoms with Crippen molar-refractivity contribution >= 4 is 18.7 Å². The van der Waals surface area contributed by atoms with Gasteiger partial charge < -0.3 is 15.0 Å². The lowest BCUT2D eigenvalue weighted by Gasteiger charge is -2.16. The van der Waals surface area contributed by atoms with Crippen molar-refractivity contribution < 1.29 is 9.53 Å². The Hall–Kier alpha value is -1.36. The Morgan fingerprint density at radius 2 is 2.33 bits per heavy atom. The van der Waals surface area contributed by atoms with E-state index in [0.29, 0.717) is 18.8 Å². The van der Waals surface area contributed by atoms with Gasteiger partial charge in [-0.2, -0.15) is 12.6 Å². The molecule has 1 aromatic carbocycles. The highest BCUT2D eigenvalue weighted by atomic mass is 32.1. The zero-order valence-electron chi connectivity index (χ0n) is 10.6. The predicted molar refractivity (Wildman–Crippen MR) is 74.4 cm³/mol. The standard InChI is InChI=1S/C13H18N2O2S/c1-9-3-4-12(17-2)10(7-9)11-8-15(5-6-18)13(16)14-11/h3-4,7,11,18H,5-6,8H2,1-2H3,(H,14,16). The quantitative estimate of drug-likeness (QED) is 0.819. The van der Waals surface area contributed by atoms with E-state index in [9.17, 15) is 4.79 Å². The first-order chi connectivity index (χ1) is 8.65. The molecule has 5 heteroatoms. The smallest absolute Gasteiger partial charge is 0.318 e. The summed E-state index contributed by atoms with van der Waals surface area (Å²) in [6.45, 7) is 3.37. The van der Waals surface area contributed by atoms with E-state index in [1.54, 1.807) is 12.0 Å². The zero-order valence-corrected chi connectivity index (χ0v) is 11.5. The van der Waals surface area contributed by atoms with Gasteiger partial charge in [-0.25, -0.2) is 4.79 Å². The average Bonchev–Trinajstić information content (AvgIpc) is 2.71. The van der Waals surface area contributed by atoms with Crippen molar-refractivity contribution in [2.75, 3.05) is 26.0 Å². The second-order valence-electron chi connectivity index (χ2n) is 4.42. The van der Waals surface area contributed by atoms with E-state index in [-0.39, 0.29) is 12.1 Å². The first-order valence-electron chi connectivity index (χ1n) is 5.96. The van der Waals surface area contributed by atoms with Gasteiger partial charge in [0.2, 0.25) is 0 Å². The Bertz CT molecular complexity index is 451. The molecule has 18 heavy (non-hydrogen) atoms. The number of urea groups is 1. The van der Waals surface area contributed by atoms with Crippen LogP contribution in [0.15, 0.2) is 18.2 Å². The van der Waals surface area contributed by atoms with Gasteiger partial charge in [0.25, 0.3) is 0 Å². The maximum Gasteiger partial charge on any atom is 0.318 e. The van der Waals surface area contributed by atoms with Gasteiger partial charge in [-0.3, -0.25) is 0 Å². The minimum absolute atomic E-state index is 0.00719. The van der Waals surface area contributed by atoms with Crippen LogP contribution in [-0.2, 0) is 0 Å². The van der Waals surface area contributed by atoms with E-state index in [2.05, 4.69) is 24.0 Å². The summed E-state index contributed by atoms with van der Waals surface area (Å²) >= 11 is 4.16. The van der Waals surface area contributed by atoms with Crippen LogP contribution in [0.25, 0.3) is 0 Å². The lowest BCUT2D eigenvalue weighted by Crippen LogP contribution is -2.29. The molecule has 1 unspecified atom stereocenters. The molecule has 4 nitrogen and oxygen atoms in total. The molecule has 0 radical (unpaired) electrons. The van der Waals surface area contributed by atoms with Crippen LogP contribution in [0, 0.1) is 6.92 Å². The Balaban J connectivity index is 2.22. The second-order valence-corrected chi connectivity index (χ2v) is 4.86. The van der Waals surface area contributed by atoms with Gasteiger partial charge in [-0.05, 0) is 13.0 Å². The van der Waals surface area contributed by atoms with E-state index in [0.717, 1.165) is 16.9 Å². The molecule has 2 amide bonds. The molecular formula is C13H18N2O2S. The number of hydrogen-bond donors (Lipinski definition) is 2. The number of nitrogens with one attached hydrogen (secondary N) is 1. The fraction of sp³-hybridized carbons (Fsp3) is 0.462. The van der Waals surface area contributed by atoms with E-state index in [1.807, 2.05) is 19.1 Å². The number of methoxy groups -OCH3 is 1. The fourth-order valence-electron chi connectivity index (χ4n) is 2.21. The van der Waals surface area contributed by atoms with Gasteiger partial charge in [0, 0.05) is 24.4 Å². The Kier molecular flexibility index (Phi) is 4.01. The van der Waals surface area contributed by atoms with Gasteiger partial charge in [0.15, 0.2) is 0 Å². The number of amides is 2. The van der Waals surface area contributed by atoms with E-state index in [4.69, 9.17) is 4.74 Å². The monoisotopic (exact) mass is 266 g/mol. The van der Waals surface area contributed by atoms with E-state index in [1.165, 1.54) is 0 Å². The highest BCUT2D eigenvalue weighted by Crippen LogP contribution is 2.29. The van der Waals surface area contributed by atoms with Crippen molar-refractivity contribution in [1.82, 2.24) is 10.2 Å². The van der Waals surface area contributed by atoms with Gasteiger partial charge >= 0.3 is 6.03 Å². The van der Waals surface area contributed by atoms with Crippen LogP contribution in [-0.4, -0.2) is 36.9 Å². The molecule has 1 heterocycles. The summed E-state index contributed by atoms with van der Waals surface area (Å²) in [5.41, 5.74) is 2.19. The van der Waals surface area contributed by atoms with E-state index < -0.39 is 0 Å². The van der Waals surface area contributed by atoms with Crippen LogP contribution >= 0.6 is 12.6 Å². The summed E-state index contributed by atoms with van der Waals surface area (Å²) in [6, 6.07) is 5.97. The normalized spacial score (nSPS) is 18.9. The number of benzene rings is 1. The molecule has 1 aliphatic rings. The van der Waals surface area contributed by atoms with Gasteiger partial charge in [0.05, 0.1) is 13.2 Å². The number of aryl methyl sites for hydroxylation is 1. The van der Waals surface area contributed by atoms with E-state index >= 15 is 0 Å². The summed E-state index contributed by atoms with van der Waals surface area (Å²) in [5.74, 6) is 1.49. The number of nitrogens with zero attached hydrogens (tertiary/aromatic N) is 1. The molecule has 0 bridgehead atoms. The van der Waals surface area contributed by atoms with Crippen molar-refractivity contribution in [2.45, 2.75) is 13.0 Å². The number of thiol groups is 1. The average molecular weight is 266 g/mol. The van der Waals surface area contributed by atoms with Gasteiger partial charge in [-0.1, -0.05) is 17.7 Å². The molecule has 1 aliphatic heterocycles. The molecule has 0 spiro atoms. The predicted octanol–water partition coefficient (Wildman–Crippen LogP) is 2.00. The maximum atomic E-state index is 11.8. The molecule has 1 saturated heterocycles. The minimum atomic E-state index is -0.0300. The number of hydrogen-bond acceptors (Lipinski definition) is 3. The van der Waals surface area contributed by atoms with Crippen LogP contribution in [0.4, 0.5) is 4.79 Å². The largest absolute Gasteiger partial charge is 0.496 e. The molecule has 1 atom stereocenters. The molecule has 0 aliphatic carbocycles. The topological polar surface area (TPSA) is 41.6 Å². The number of ether oxygens (including phenoxy) is 1.